The summed E-state index contributed by atoms with van der Waals surface area (Å²) in [6.45, 7) is 14.3. The molecule has 154 valence electrons. The Morgan fingerprint density at radius 2 is 1.81 bits per heavy atom. The van der Waals surface area contributed by atoms with Crippen LogP contribution in [0.1, 0.15) is 65.4 Å². The highest BCUT2D eigenvalue weighted by molar-refractivity contribution is 7.79. The molecule has 27 heavy (non-hydrogen) atoms. The molecule has 1 aromatic rings. The highest BCUT2D eigenvalue weighted by Crippen LogP contribution is 2.35. The summed E-state index contributed by atoms with van der Waals surface area (Å²) in [5, 5.41) is 3.12. The number of hydrogen-bond donors (Lipinski definition) is 2. The van der Waals surface area contributed by atoms with E-state index in [2.05, 4.69) is 37.9 Å². The monoisotopic (exact) mass is 396 g/mol. The number of amides is 1. The van der Waals surface area contributed by atoms with Gasteiger partial charge in [0, 0.05) is 12.0 Å². The standard InChI is InChI=1S/C21H36N2O3S/c1-6-21(5,20(24)22-14-9-15-23(7-2)8-3)16-17(4)18-10-12-19(13-11-18)27(25)26/h10-13,17H,6-9,14-16H2,1-5H3,(H,22,24)(H,25,26). The molecule has 0 radical (unpaired) electrons. The first kappa shape index (κ1) is 23.8. The van der Waals surface area contributed by atoms with Gasteiger partial charge in [-0.25, -0.2) is 4.21 Å². The van der Waals surface area contributed by atoms with E-state index in [9.17, 15) is 9.00 Å². The van der Waals surface area contributed by atoms with E-state index in [1.165, 1.54) is 0 Å². The summed E-state index contributed by atoms with van der Waals surface area (Å²) in [6, 6.07) is 7.12. The molecule has 0 aliphatic heterocycles. The minimum absolute atomic E-state index is 0.115. The molecular weight excluding hydrogens is 360 g/mol. The molecule has 1 aromatic carbocycles. The van der Waals surface area contributed by atoms with Crippen LogP contribution in [0.2, 0.25) is 0 Å². The first-order chi connectivity index (χ1) is 12.8. The zero-order valence-electron chi connectivity index (χ0n) is 17.5. The molecule has 0 aromatic heterocycles. The quantitative estimate of drug-likeness (QED) is 0.413. The van der Waals surface area contributed by atoms with Gasteiger partial charge in [-0.3, -0.25) is 4.79 Å². The van der Waals surface area contributed by atoms with Crippen LogP contribution in [0.15, 0.2) is 29.2 Å². The first-order valence-corrected chi connectivity index (χ1v) is 11.1. The highest BCUT2D eigenvalue weighted by atomic mass is 32.2. The van der Waals surface area contributed by atoms with Gasteiger partial charge in [-0.2, -0.15) is 0 Å². The minimum atomic E-state index is -1.96. The molecule has 2 N–H and O–H groups in total. The van der Waals surface area contributed by atoms with Gasteiger partial charge in [0.15, 0.2) is 11.1 Å². The number of nitrogens with one attached hydrogen (secondary N) is 1. The predicted molar refractivity (Wildman–Crippen MR) is 112 cm³/mol. The van der Waals surface area contributed by atoms with Crippen LogP contribution in [0.25, 0.3) is 0 Å². The molecule has 0 bridgehead atoms. The van der Waals surface area contributed by atoms with Crippen LogP contribution in [-0.4, -0.2) is 45.7 Å². The summed E-state index contributed by atoms with van der Waals surface area (Å²) in [5.74, 6) is 0.307. The van der Waals surface area contributed by atoms with Crippen LogP contribution in [0.5, 0.6) is 0 Å². The zero-order valence-corrected chi connectivity index (χ0v) is 18.3. The van der Waals surface area contributed by atoms with Crippen molar-refractivity contribution in [1.29, 1.82) is 0 Å². The highest BCUT2D eigenvalue weighted by Gasteiger charge is 2.33. The van der Waals surface area contributed by atoms with E-state index in [0.29, 0.717) is 11.4 Å². The third-order valence-corrected chi connectivity index (χ3v) is 6.24. The zero-order chi connectivity index (χ0) is 20.4. The van der Waals surface area contributed by atoms with Crippen molar-refractivity contribution in [1.82, 2.24) is 10.2 Å². The van der Waals surface area contributed by atoms with Gasteiger partial charge in [0.25, 0.3) is 0 Å². The molecule has 0 aliphatic rings. The average Bonchev–Trinajstić information content (AvgIpc) is 2.67. The van der Waals surface area contributed by atoms with E-state index in [1.807, 2.05) is 19.1 Å². The normalized spacial score (nSPS) is 16.0. The number of nitrogens with zero attached hydrogens (tertiary/aromatic N) is 1. The van der Waals surface area contributed by atoms with Crippen molar-refractivity contribution < 1.29 is 13.6 Å². The predicted octanol–water partition coefficient (Wildman–Crippen LogP) is 4.03. The lowest BCUT2D eigenvalue weighted by atomic mass is 9.76. The Morgan fingerprint density at radius 1 is 1.22 bits per heavy atom. The van der Waals surface area contributed by atoms with Crippen molar-refractivity contribution in [2.45, 2.75) is 64.7 Å². The Hall–Kier alpha value is -1.24. The van der Waals surface area contributed by atoms with Gasteiger partial charge in [0.1, 0.15) is 0 Å². The Labute approximate surface area is 167 Å². The van der Waals surface area contributed by atoms with Gasteiger partial charge < -0.3 is 14.8 Å². The Morgan fingerprint density at radius 3 is 2.30 bits per heavy atom. The molecule has 0 saturated carbocycles. The molecule has 6 heteroatoms. The second-order valence-corrected chi connectivity index (χ2v) is 8.44. The maximum atomic E-state index is 12.8. The van der Waals surface area contributed by atoms with Crippen LogP contribution >= 0.6 is 0 Å². The molecular formula is C21H36N2O3S. The van der Waals surface area contributed by atoms with Gasteiger partial charge in [-0.15, -0.1) is 0 Å². The van der Waals surface area contributed by atoms with Crippen molar-refractivity contribution in [2.24, 2.45) is 5.41 Å². The molecule has 0 saturated heterocycles. The lowest BCUT2D eigenvalue weighted by molar-refractivity contribution is -0.131. The SMILES string of the molecule is CCN(CC)CCCNC(=O)C(C)(CC)CC(C)c1ccc(S(=O)O)cc1. The van der Waals surface area contributed by atoms with Crippen molar-refractivity contribution in [3.8, 4) is 0 Å². The summed E-state index contributed by atoms with van der Waals surface area (Å²) in [4.78, 5) is 15.5. The third kappa shape index (κ3) is 7.35. The van der Waals surface area contributed by atoms with Crippen LogP contribution in [-0.2, 0) is 15.9 Å². The average molecular weight is 397 g/mol. The molecule has 0 spiro atoms. The van der Waals surface area contributed by atoms with Crippen LogP contribution in [0.3, 0.4) is 0 Å². The lowest BCUT2D eigenvalue weighted by Crippen LogP contribution is -2.40. The largest absolute Gasteiger partial charge is 0.356 e. The smallest absolute Gasteiger partial charge is 0.225 e. The van der Waals surface area contributed by atoms with Crippen LogP contribution in [0, 0.1) is 5.41 Å². The topological polar surface area (TPSA) is 69.6 Å². The van der Waals surface area contributed by atoms with E-state index < -0.39 is 16.5 Å². The number of rotatable bonds is 12. The van der Waals surface area contributed by atoms with Crippen molar-refractivity contribution in [2.75, 3.05) is 26.2 Å². The molecule has 3 unspecified atom stereocenters. The molecule has 3 atom stereocenters. The number of hydrogen-bond acceptors (Lipinski definition) is 3. The number of carbonyl (C=O) groups excluding carboxylic acids is 1. The maximum Gasteiger partial charge on any atom is 0.225 e. The van der Waals surface area contributed by atoms with Gasteiger partial charge in [-0.1, -0.05) is 46.8 Å². The number of carbonyl (C=O) groups is 1. The Bertz CT molecular complexity index is 602. The number of benzene rings is 1. The summed E-state index contributed by atoms with van der Waals surface area (Å²) < 4.78 is 20.2. The Kier molecular flexibility index (Phi) is 10.2. The van der Waals surface area contributed by atoms with E-state index in [1.54, 1.807) is 12.1 Å². The lowest BCUT2D eigenvalue weighted by Gasteiger charge is -2.30. The summed E-state index contributed by atoms with van der Waals surface area (Å²) in [7, 11) is 0. The molecule has 1 amide bonds. The van der Waals surface area contributed by atoms with Gasteiger partial charge >= 0.3 is 0 Å². The van der Waals surface area contributed by atoms with Gasteiger partial charge in [0.05, 0.1) is 4.90 Å². The van der Waals surface area contributed by atoms with E-state index >= 15 is 0 Å². The van der Waals surface area contributed by atoms with Crippen molar-refractivity contribution in [3.63, 3.8) is 0 Å². The second kappa shape index (κ2) is 11.6. The summed E-state index contributed by atoms with van der Waals surface area (Å²) in [6.07, 6.45) is 2.48. The molecule has 0 fully saturated rings. The molecule has 0 aliphatic carbocycles. The fourth-order valence-electron chi connectivity index (χ4n) is 3.36. The van der Waals surface area contributed by atoms with Gasteiger partial charge in [0.2, 0.25) is 5.91 Å². The molecule has 5 nitrogen and oxygen atoms in total. The molecule has 1 rings (SSSR count). The van der Waals surface area contributed by atoms with Crippen molar-refractivity contribution >= 4 is 17.0 Å². The van der Waals surface area contributed by atoms with Crippen LogP contribution in [0.4, 0.5) is 0 Å². The van der Waals surface area contributed by atoms with E-state index in [-0.39, 0.29) is 11.8 Å². The summed E-state index contributed by atoms with van der Waals surface area (Å²) >= 11 is -1.96. The minimum Gasteiger partial charge on any atom is -0.356 e. The van der Waals surface area contributed by atoms with E-state index in [4.69, 9.17) is 4.55 Å². The molecule has 0 heterocycles. The fourth-order valence-corrected chi connectivity index (χ4v) is 3.73. The van der Waals surface area contributed by atoms with E-state index in [0.717, 1.165) is 44.5 Å². The van der Waals surface area contributed by atoms with Gasteiger partial charge in [-0.05, 0) is 62.5 Å². The summed E-state index contributed by atoms with van der Waals surface area (Å²) in [5.41, 5.74) is 0.658. The second-order valence-electron chi connectivity index (χ2n) is 7.47. The van der Waals surface area contributed by atoms with Crippen molar-refractivity contribution in [3.05, 3.63) is 29.8 Å². The Balaban J connectivity index is 2.62. The first-order valence-electron chi connectivity index (χ1n) is 9.98. The van der Waals surface area contributed by atoms with Crippen LogP contribution < -0.4 is 5.32 Å². The fraction of sp³-hybridized carbons (Fsp3) is 0.667. The maximum absolute atomic E-state index is 12.8. The third-order valence-electron chi connectivity index (χ3n) is 5.57.